The van der Waals surface area contributed by atoms with Gasteiger partial charge in [-0.1, -0.05) is 49.6 Å². The Morgan fingerprint density at radius 3 is 2.67 bits per heavy atom. The molecule has 10 heteroatoms. The van der Waals surface area contributed by atoms with Gasteiger partial charge in [-0.25, -0.2) is 0 Å². The topological polar surface area (TPSA) is 106 Å². The molecule has 1 aliphatic carbocycles. The Hall–Kier alpha value is -3.50. The summed E-state index contributed by atoms with van der Waals surface area (Å²) in [5, 5.41) is 6.24. The Morgan fingerprint density at radius 1 is 1.05 bits per heavy atom. The zero-order valence-corrected chi connectivity index (χ0v) is 24.3. The van der Waals surface area contributed by atoms with E-state index in [0.29, 0.717) is 17.2 Å². The lowest BCUT2D eigenvalue weighted by Crippen LogP contribution is -2.58. The van der Waals surface area contributed by atoms with Crippen molar-refractivity contribution in [2.45, 2.75) is 66.9 Å². The van der Waals surface area contributed by atoms with Gasteiger partial charge in [-0.05, 0) is 49.4 Å². The fourth-order valence-corrected chi connectivity index (χ4v) is 7.75. The van der Waals surface area contributed by atoms with E-state index in [4.69, 9.17) is 14.2 Å². The van der Waals surface area contributed by atoms with Gasteiger partial charge in [0.1, 0.15) is 18.2 Å². The van der Waals surface area contributed by atoms with E-state index < -0.39 is 35.7 Å². The van der Waals surface area contributed by atoms with Crippen LogP contribution in [-0.2, 0) is 19.1 Å². The summed E-state index contributed by atoms with van der Waals surface area (Å²) < 4.78 is 18.6. The quantitative estimate of drug-likeness (QED) is 0.374. The predicted octanol–water partition coefficient (Wildman–Crippen LogP) is 3.79. The smallest absolute Gasteiger partial charge is 0.246 e. The van der Waals surface area contributed by atoms with Crippen LogP contribution in [0.15, 0.2) is 65.6 Å². The lowest BCUT2D eigenvalue weighted by atomic mass is 9.74. The molecule has 7 rings (SSSR count). The van der Waals surface area contributed by atoms with Crippen molar-refractivity contribution in [2.24, 2.45) is 11.8 Å². The van der Waals surface area contributed by atoms with Crippen molar-refractivity contribution in [2.75, 3.05) is 24.7 Å². The van der Waals surface area contributed by atoms with Gasteiger partial charge in [-0.15, -0.1) is 11.8 Å². The number of benzene rings is 2. The number of carbonyl (C=O) groups is 3. The number of fused-ring (bicyclic) bond motifs is 2. The minimum atomic E-state index is -1.23. The summed E-state index contributed by atoms with van der Waals surface area (Å²) >= 11 is 1.58. The molecule has 0 aromatic heterocycles. The van der Waals surface area contributed by atoms with Gasteiger partial charge in [0, 0.05) is 16.6 Å². The van der Waals surface area contributed by atoms with Crippen LogP contribution in [0.2, 0.25) is 0 Å². The third-order valence-corrected chi connectivity index (χ3v) is 9.91. The molecule has 220 valence electrons. The van der Waals surface area contributed by atoms with Crippen LogP contribution in [0.4, 0.5) is 5.69 Å². The number of amides is 3. The Balaban J connectivity index is 1.18. The first-order valence-corrected chi connectivity index (χ1v) is 16.0. The normalized spacial score (nSPS) is 31.2. The number of carbonyl (C=O) groups excluding carboxylic acids is 3. The van der Waals surface area contributed by atoms with Crippen molar-refractivity contribution in [3.8, 4) is 11.5 Å². The highest BCUT2D eigenvalue weighted by molar-refractivity contribution is 7.98. The SMILES string of the molecule is CSc1cccc(NC(=O)C2C3C=CC4(O3)C2C(=O)N(CC2COc3ccccc3O2)C4C(=O)NC2CCCCC2)c1. The van der Waals surface area contributed by atoms with E-state index in [2.05, 4.69) is 10.6 Å². The number of para-hydroxylation sites is 2. The van der Waals surface area contributed by atoms with Crippen molar-refractivity contribution in [3.05, 3.63) is 60.7 Å². The molecule has 3 fully saturated rings. The molecule has 5 aliphatic rings. The first kappa shape index (κ1) is 27.3. The molecule has 0 radical (unpaired) electrons. The molecule has 1 spiro atoms. The van der Waals surface area contributed by atoms with Crippen LogP contribution in [0.1, 0.15) is 32.1 Å². The van der Waals surface area contributed by atoms with Gasteiger partial charge in [-0.2, -0.15) is 0 Å². The van der Waals surface area contributed by atoms with E-state index >= 15 is 0 Å². The van der Waals surface area contributed by atoms with Crippen molar-refractivity contribution in [1.82, 2.24) is 10.2 Å². The number of ether oxygens (including phenoxy) is 3. The molecule has 4 aliphatic heterocycles. The summed E-state index contributed by atoms with van der Waals surface area (Å²) in [5.41, 5.74) is -0.565. The molecule has 3 amide bonds. The lowest BCUT2D eigenvalue weighted by Gasteiger charge is -2.36. The van der Waals surface area contributed by atoms with E-state index in [1.807, 2.05) is 66.9 Å². The van der Waals surface area contributed by atoms with E-state index in [9.17, 15) is 14.4 Å². The minimum absolute atomic E-state index is 0.0604. The van der Waals surface area contributed by atoms with Crippen LogP contribution >= 0.6 is 11.8 Å². The third kappa shape index (κ3) is 4.65. The van der Waals surface area contributed by atoms with Crippen LogP contribution in [0.5, 0.6) is 11.5 Å². The zero-order chi connectivity index (χ0) is 28.8. The molecule has 2 N–H and O–H groups in total. The minimum Gasteiger partial charge on any atom is -0.486 e. The zero-order valence-electron chi connectivity index (χ0n) is 23.5. The van der Waals surface area contributed by atoms with E-state index in [1.165, 1.54) is 0 Å². The Kier molecular flexibility index (Phi) is 7.14. The number of anilines is 1. The van der Waals surface area contributed by atoms with Crippen molar-refractivity contribution in [1.29, 1.82) is 0 Å². The van der Waals surface area contributed by atoms with Crippen molar-refractivity contribution < 1.29 is 28.6 Å². The van der Waals surface area contributed by atoms with Gasteiger partial charge in [0.05, 0.1) is 24.5 Å². The molecule has 9 nitrogen and oxygen atoms in total. The van der Waals surface area contributed by atoms with Gasteiger partial charge in [0.2, 0.25) is 17.7 Å². The summed E-state index contributed by atoms with van der Waals surface area (Å²) in [6.45, 7) is 0.380. The predicted molar refractivity (Wildman–Crippen MR) is 157 cm³/mol. The van der Waals surface area contributed by atoms with E-state index in [0.717, 1.165) is 37.0 Å². The fraction of sp³-hybridized carbons (Fsp3) is 0.469. The maximum absolute atomic E-state index is 14.3. The van der Waals surface area contributed by atoms with Gasteiger partial charge in [0.15, 0.2) is 17.6 Å². The number of thioether (sulfide) groups is 1. The first-order valence-electron chi connectivity index (χ1n) is 14.8. The van der Waals surface area contributed by atoms with Gasteiger partial charge in [-0.3, -0.25) is 14.4 Å². The van der Waals surface area contributed by atoms with Gasteiger partial charge < -0.3 is 29.7 Å². The molecule has 4 heterocycles. The van der Waals surface area contributed by atoms with Crippen molar-refractivity contribution >= 4 is 35.2 Å². The largest absolute Gasteiger partial charge is 0.486 e. The van der Waals surface area contributed by atoms with Crippen molar-refractivity contribution in [3.63, 3.8) is 0 Å². The maximum atomic E-state index is 14.3. The Labute approximate surface area is 249 Å². The summed E-state index contributed by atoms with van der Waals surface area (Å²) in [4.78, 5) is 44.8. The molecule has 2 saturated heterocycles. The second kappa shape index (κ2) is 11.0. The van der Waals surface area contributed by atoms with Crippen LogP contribution < -0.4 is 20.1 Å². The molecular weight excluding hydrogens is 554 g/mol. The second-order valence-electron chi connectivity index (χ2n) is 11.8. The number of hydrogen-bond acceptors (Lipinski definition) is 7. The molecular formula is C32H35N3O6S. The lowest BCUT2D eigenvalue weighted by molar-refractivity contribution is -0.143. The van der Waals surface area contributed by atoms with Gasteiger partial charge >= 0.3 is 0 Å². The number of nitrogens with zero attached hydrogens (tertiary/aromatic N) is 1. The summed E-state index contributed by atoms with van der Waals surface area (Å²) in [7, 11) is 0. The monoisotopic (exact) mass is 589 g/mol. The second-order valence-corrected chi connectivity index (χ2v) is 12.6. The van der Waals surface area contributed by atoms with Gasteiger partial charge in [0.25, 0.3) is 0 Å². The maximum Gasteiger partial charge on any atom is 0.246 e. The Bertz CT molecular complexity index is 1430. The number of nitrogens with one attached hydrogen (secondary N) is 2. The molecule has 2 aromatic carbocycles. The summed E-state index contributed by atoms with van der Waals surface area (Å²) in [6.07, 6.45) is 9.72. The summed E-state index contributed by atoms with van der Waals surface area (Å²) in [6, 6.07) is 14.1. The fourth-order valence-electron chi connectivity index (χ4n) is 7.29. The summed E-state index contributed by atoms with van der Waals surface area (Å²) in [5.74, 6) is -1.14. The number of hydrogen-bond donors (Lipinski definition) is 2. The first-order chi connectivity index (χ1) is 20.5. The van der Waals surface area contributed by atoms with Crippen LogP contribution in [0, 0.1) is 11.8 Å². The molecule has 1 saturated carbocycles. The highest BCUT2D eigenvalue weighted by Gasteiger charge is 2.73. The standard InChI is InChI=1S/C32H35N3O6S/c1-42-22-11-7-10-20(16-22)34-29(36)26-25-14-15-32(41-25)27(26)31(38)35(28(32)30(37)33-19-8-3-2-4-9-19)17-21-18-39-23-12-5-6-13-24(23)40-21/h5-7,10-16,19,21,25-28H,2-4,8-9,17-18H2,1H3,(H,33,37)(H,34,36). The molecule has 2 bridgehead atoms. The highest BCUT2D eigenvalue weighted by atomic mass is 32.2. The average Bonchev–Trinajstić information content (AvgIpc) is 3.65. The molecule has 42 heavy (non-hydrogen) atoms. The number of rotatable bonds is 7. The molecule has 6 atom stereocenters. The molecule has 2 aromatic rings. The Morgan fingerprint density at radius 2 is 1.86 bits per heavy atom. The van der Waals surface area contributed by atoms with Crippen LogP contribution in [0.25, 0.3) is 0 Å². The molecule has 6 unspecified atom stereocenters. The van der Waals surface area contributed by atoms with Crippen LogP contribution in [-0.4, -0.2) is 71.9 Å². The number of likely N-dealkylation sites (tertiary alicyclic amines) is 1. The van der Waals surface area contributed by atoms with Crippen LogP contribution in [0.3, 0.4) is 0 Å². The van der Waals surface area contributed by atoms with E-state index in [1.54, 1.807) is 16.7 Å². The highest BCUT2D eigenvalue weighted by Crippen LogP contribution is 2.55. The third-order valence-electron chi connectivity index (χ3n) is 9.18. The van der Waals surface area contributed by atoms with E-state index in [-0.39, 0.29) is 36.9 Å². The average molecular weight is 590 g/mol.